The van der Waals surface area contributed by atoms with Crippen molar-refractivity contribution in [3.8, 4) is 5.75 Å². The first kappa shape index (κ1) is 14.0. The van der Waals surface area contributed by atoms with Crippen LogP contribution in [-0.2, 0) is 13.0 Å². The van der Waals surface area contributed by atoms with E-state index in [-0.39, 0.29) is 12.6 Å². The van der Waals surface area contributed by atoms with E-state index in [1.807, 2.05) is 25.1 Å². The van der Waals surface area contributed by atoms with Crippen LogP contribution in [0, 0.1) is 6.92 Å². The van der Waals surface area contributed by atoms with Crippen molar-refractivity contribution in [1.82, 2.24) is 10.2 Å². The highest BCUT2D eigenvalue weighted by molar-refractivity contribution is 9.10. The number of nitrogens with two attached hydrogens (primary N) is 1. The van der Waals surface area contributed by atoms with Crippen molar-refractivity contribution in [3.63, 3.8) is 0 Å². The van der Waals surface area contributed by atoms with Crippen molar-refractivity contribution in [2.75, 3.05) is 0 Å². The molecule has 6 heteroatoms. The summed E-state index contributed by atoms with van der Waals surface area (Å²) in [5.74, 6) is 1.73. The highest BCUT2D eigenvalue weighted by Gasteiger charge is 2.07. The molecule has 1 heterocycles. The van der Waals surface area contributed by atoms with Crippen molar-refractivity contribution < 1.29 is 9.15 Å². The molecule has 1 aromatic heterocycles. The standard InChI is InChI=1S/C13H16BrN3O2/c1-8(15)5-10-3-4-12(11(14)6-10)18-7-13-17-16-9(2)19-13/h3-4,6,8H,5,7,15H2,1-2H3. The summed E-state index contributed by atoms with van der Waals surface area (Å²) in [6, 6.07) is 6.06. The summed E-state index contributed by atoms with van der Waals surface area (Å²) in [6.07, 6.45) is 0.835. The van der Waals surface area contributed by atoms with E-state index in [9.17, 15) is 0 Å². The van der Waals surface area contributed by atoms with Gasteiger partial charge in [0.15, 0.2) is 6.61 Å². The minimum atomic E-state index is 0.139. The van der Waals surface area contributed by atoms with Gasteiger partial charge in [-0.05, 0) is 47.0 Å². The van der Waals surface area contributed by atoms with Gasteiger partial charge >= 0.3 is 0 Å². The molecule has 0 spiro atoms. The van der Waals surface area contributed by atoms with Crippen LogP contribution in [0.1, 0.15) is 24.3 Å². The van der Waals surface area contributed by atoms with E-state index in [0.29, 0.717) is 11.8 Å². The van der Waals surface area contributed by atoms with Crippen molar-refractivity contribution >= 4 is 15.9 Å². The Morgan fingerprint density at radius 3 is 2.79 bits per heavy atom. The number of nitrogens with zero attached hydrogens (tertiary/aromatic N) is 2. The second kappa shape index (κ2) is 6.16. The maximum Gasteiger partial charge on any atom is 0.253 e. The lowest BCUT2D eigenvalue weighted by Gasteiger charge is -2.09. The van der Waals surface area contributed by atoms with E-state index in [1.165, 1.54) is 5.56 Å². The maximum absolute atomic E-state index is 5.78. The molecular weight excluding hydrogens is 310 g/mol. The van der Waals surface area contributed by atoms with Crippen LogP contribution in [0.3, 0.4) is 0 Å². The van der Waals surface area contributed by atoms with Gasteiger partial charge in [0.05, 0.1) is 4.47 Å². The Hall–Kier alpha value is -1.40. The lowest BCUT2D eigenvalue weighted by molar-refractivity contribution is 0.259. The molecule has 2 aromatic rings. The second-order valence-electron chi connectivity index (χ2n) is 4.45. The van der Waals surface area contributed by atoms with E-state index in [2.05, 4.69) is 26.1 Å². The zero-order chi connectivity index (χ0) is 13.8. The number of benzene rings is 1. The Kier molecular flexibility index (Phi) is 4.55. The van der Waals surface area contributed by atoms with Crippen LogP contribution in [-0.4, -0.2) is 16.2 Å². The first-order chi connectivity index (χ1) is 9.04. The molecule has 102 valence electrons. The van der Waals surface area contributed by atoms with E-state index < -0.39 is 0 Å². The molecule has 5 nitrogen and oxygen atoms in total. The van der Waals surface area contributed by atoms with Crippen LogP contribution in [0.15, 0.2) is 27.1 Å². The molecule has 2 N–H and O–H groups in total. The van der Waals surface area contributed by atoms with Gasteiger partial charge in [-0.3, -0.25) is 0 Å². The fourth-order valence-electron chi connectivity index (χ4n) is 1.70. The lowest BCUT2D eigenvalue weighted by atomic mass is 10.1. The molecule has 0 aliphatic heterocycles. The summed E-state index contributed by atoms with van der Waals surface area (Å²) < 4.78 is 11.8. The van der Waals surface area contributed by atoms with Gasteiger partial charge in [-0.2, -0.15) is 0 Å². The summed E-state index contributed by atoms with van der Waals surface area (Å²) in [6.45, 7) is 3.98. The molecule has 0 saturated carbocycles. The summed E-state index contributed by atoms with van der Waals surface area (Å²) in [7, 11) is 0. The highest BCUT2D eigenvalue weighted by atomic mass is 79.9. The fourth-order valence-corrected chi connectivity index (χ4v) is 2.24. The summed E-state index contributed by atoms with van der Waals surface area (Å²) in [5.41, 5.74) is 6.94. The number of hydrogen-bond acceptors (Lipinski definition) is 5. The van der Waals surface area contributed by atoms with E-state index in [4.69, 9.17) is 14.9 Å². The van der Waals surface area contributed by atoms with Gasteiger partial charge in [0, 0.05) is 13.0 Å². The van der Waals surface area contributed by atoms with Crippen LogP contribution in [0.25, 0.3) is 0 Å². The molecule has 0 aliphatic rings. The zero-order valence-corrected chi connectivity index (χ0v) is 12.5. The van der Waals surface area contributed by atoms with Crippen LogP contribution >= 0.6 is 15.9 Å². The van der Waals surface area contributed by atoms with Gasteiger partial charge in [0.1, 0.15) is 5.75 Å². The van der Waals surface area contributed by atoms with Gasteiger partial charge in [0.25, 0.3) is 5.89 Å². The summed E-state index contributed by atoms with van der Waals surface area (Å²) in [5, 5.41) is 7.62. The topological polar surface area (TPSA) is 74.2 Å². The third kappa shape index (κ3) is 4.04. The summed E-state index contributed by atoms with van der Waals surface area (Å²) >= 11 is 3.48. The average Bonchev–Trinajstić information content (AvgIpc) is 2.73. The maximum atomic E-state index is 5.78. The first-order valence-electron chi connectivity index (χ1n) is 6.00. The van der Waals surface area contributed by atoms with Crippen LogP contribution in [0.2, 0.25) is 0 Å². The first-order valence-corrected chi connectivity index (χ1v) is 6.79. The molecule has 1 unspecified atom stereocenters. The molecule has 19 heavy (non-hydrogen) atoms. The largest absolute Gasteiger partial charge is 0.483 e. The van der Waals surface area contributed by atoms with E-state index in [1.54, 1.807) is 6.92 Å². The predicted molar refractivity (Wildman–Crippen MR) is 74.9 cm³/mol. The van der Waals surface area contributed by atoms with Gasteiger partial charge in [-0.25, -0.2) is 0 Å². The minimum absolute atomic E-state index is 0.139. The quantitative estimate of drug-likeness (QED) is 0.914. The molecule has 0 bridgehead atoms. The monoisotopic (exact) mass is 325 g/mol. The van der Waals surface area contributed by atoms with Crippen LogP contribution < -0.4 is 10.5 Å². The molecule has 2 rings (SSSR count). The molecule has 0 radical (unpaired) electrons. The molecule has 0 saturated heterocycles. The normalized spacial score (nSPS) is 12.4. The number of aryl methyl sites for hydroxylation is 1. The van der Waals surface area contributed by atoms with Gasteiger partial charge in [-0.15, -0.1) is 10.2 Å². The number of hydrogen-bond donors (Lipinski definition) is 1. The lowest BCUT2D eigenvalue weighted by Crippen LogP contribution is -2.17. The van der Waals surface area contributed by atoms with Gasteiger partial charge in [0.2, 0.25) is 5.89 Å². The smallest absolute Gasteiger partial charge is 0.253 e. The number of aromatic nitrogens is 2. The number of halogens is 1. The van der Waals surface area contributed by atoms with Gasteiger partial charge in [-0.1, -0.05) is 6.07 Å². The van der Waals surface area contributed by atoms with Crippen LogP contribution in [0.4, 0.5) is 0 Å². The summed E-state index contributed by atoms with van der Waals surface area (Å²) in [4.78, 5) is 0. The Morgan fingerprint density at radius 1 is 1.42 bits per heavy atom. The third-order valence-electron chi connectivity index (χ3n) is 2.47. The second-order valence-corrected chi connectivity index (χ2v) is 5.30. The average molecular weight is 326 g/mol. The van der Waals surface area contributed by atoms with Crippen LogP contribution in [0.5, 0.6) is 5.75 Å². The van der Waals surface area contributed by atoms with Crippen molar-refractivity contribution in [2.45, 2.75) is 32.9 Å². The van der Waals surface area contributed by atoms with Crippen molar-refractivity contribution in [2.24, 2.45) is 5.73 Å². The SMILES string of the molecule is Cc1nnc(COc2ccc(CC(C)N)cc2Br)o1. The number of rotatable bonds is 5. The van der Waals surface area contributed by atoms with E-state index in [0.717, 1.165) is 16.6 Å². The minimum Gasteiger partial charge on any atom is -0.483 e. The van der Waals surface area contributed by atoms with Crippen molar-refractivity contribution in [3.05, 3.63) is 40.0 Å². The third-order valence-corrected chi connectivity index (χ3v) is 3.09. The molecule has 0 amide bonds. The number of ether oxygens (including phenoxy) is 1. The molecule has 1 atom stereocenters. The molecule has 0 fully saturated rings. The predicted octanol–water partition coefficient (Wildman–Crippen LogP) is 2.61. The molecule has 0 aliphatic carbocycles. The van der Waals surface area contributed by atoms with Crippen molar-refractivity contribution in [1.29, 1.82) is 0 Å². The Bertz CT molecular complexity index is 555. The Labute approximate surface area is 120 Å². The zero-order valence-electron chi connectivity index (χ0n) is 10.9. The fraction of sp³-hybridized carbons (Fsp3) is 0.385. The van der Waals surface area contributed by atoms with Gasteiger partial charge < -0.3 is 14.9 Å². The molecule has 1 aromatic carbocycles. The highest BCUT2D eigenvalue weighted by Crippen LogP contribution is 2.27. The Morgan fingerprint density at radius 2 is 2.21 bits per heavy atom. The Balaban J connectivity index is 2.00. The van der Waals surface area contributed by atoms with E-state index >= 15 is 0 Å². The molecular formula is C13H16BrN3O2.